The van der Waals surface area contributed by atoms with Crippen LogP contribution < -0.4 is 5.43 Å². The fraction of sp³-hybridized carbons (Fsp3) is 0.368. The molecule has 0 amide bonds. The van der Waals surface area contributed by atoms with Crippen LogP contribution in [0.15, 0.2) is 46.5 Å². The largest absolute Gasteiger partial charge is 0.261 e. The first-order chi connectivity index (χ1) is 12.5. The zero-order valence-electron chi connectivity index (χ0n) is 15.1. The van der Waals surface area contributed by atoms with Gasteiger partial charge >= 0.3 is 0 Å². The average Bonchev–Trinajstić information content (AvgIpc) is 2.65. The first kappa shape index (κ1) is 18.5. The van der Waals surface area contributed by atoms with E-state index in [1.807, 2.05) is 19.1 Å². The van der Waals surface area contributed by atoms with Crippen molar-refractivity contribution in [2.75, 3.05) is 18.5 Å². The van der Waals surface area contributed by atoms with Gasteiger partial charge < -0.3 is 0 Å². The summed E-state index contributed by atoms with van der Waals surface area (Å²) in [4.78, 5) is 4.40. The Hall–Kier alpha value is -2.25. The molecular formula is C19H24N4O2S. The Balaban J connectivity index is 1.66. The molecule has 1 aromatic heterocycles. The molecule has 1 aromatic carbocycles. The third-order valence-electron chi connectivity index (χ3n) is 4.50. The minimum Gasteiger partial charge on any atom is -0.261 e. The molecule has 1 N–H and O–H groups in total. The number of nitrogens with one attached hydrogen (secondary N) is 1. The second-order valence-corrected chi connectivity index (χ2v) is 8.51. The summed E-state index contributed by atoms with van der Waals surface area (Å²) < 4.78 is 26.7. The Kier molecular flexibility index (Phi) is 5.68. The minimum absolute atomic E-state index is 0.225. The smallest absolute Gasteiger partial charge is 0.244 e. The van der Waals surface area contributed by atoms with Crippen LogP contribution in [0, 0.1) is 13.8 Å². The molecule has 1 aliphatic heterocycles. The molecule has 1 aliphatic rings. The lowest BCUT2D eigenvalue weighted by Crippen LogP contribution is -2.35. The number of aromatic nitrogens is 1. The zero-order chi connectivity index (χ0) is 18.6. The van der Waals surface area contributed by atoms with Gasteiger partial charge in [0.2, 0.25) is 10.0 Å². The van der Waals surface area contributed by atoms with Crippen molar-refractivity contribution < 1.29 is 8.42 Å². The normalized spacial score (nSPS) is 16.1. The van der Waals surface area contributed by atoms with Gasteiger partial charge in [0.15, 0.2) is 0 Å². The van der Waals surface area contributed by atoms with Gasteiger partial charge in [0.05, 0.1) is 6.21 Å². The third kappa shape index (κ3) is 4.28. The number of nitrogens with zero attached hydrogens (tertiary/aromatic N) is 3. The Morgan fingerprint density at radius 2 is 1.88 bits per heavy atom. The monoisotopic (exact) mass is 372 g/mol. The van der Waals surface area contributed by atoms with Crippen molar-refractivity contribution in [3.63, 3.8) is 0 Å². The summed E-state index contributed by atoms with van der Waals surface area (Å²) in [5.74, 6) is 0.503. The second kappa shape index (κ2) is 7.97. The first-order valence-electron chi connectivity index (χ1n) is 8.79. The van der Waals surface area contributed by atoms with E-state index in [2.05, 4.69) is 28.5 Å². The van der Waals surface area contributed by atoms with Crippen LogP contribution in [-0.4, -0.2) is 37.0 Å². The highest BCUT2D eigenvalue weighted by molar-refractivity contribution is 7.89. The molecule has 0 bridgehead atoms. The maximum atomic E-state index is 12.6. The van der Waals surface area contributed by atoms with Gasteiger partial charge in [-0.1, -0.05) is 30.2 Å². The molecule has 0 radical (unpaired) electrons. The third-order valence-corrected chi connectivity index (χ3v) is 6.38. The standard InChI is InChI=1S/C19H24N4O2S/c1-15-6-7-17(16(2)12-15)13-21-22-19-9-8-18(14-20-19)26(24,25)23-10-4-3-5-11-23/h6-9,12-14H,3-5,10-11H2,1-2H3,(H,20,22)/b21-13+. The highest BCUT2D eigenvalue weighted by Crippen LogP contribution is 2.20. The van der Waals surface area contributed by atoms with Crippen LogP contribution >= 0.6 is 0 Å². The number of piperidine rings is 1. The fourth-order valence-electron chi connectivity index (χ4n) is 2.99. The van der Waals surface area contributed by atoms with E-state index in [0.29, 0.717) is 18.9 Å². The predicted octanol–water partition coefficient (Wildman–Crippen LogP) is 3.32. The van der Waals surface area contributed by atoms with Gasteiger partial charge in [-0.05, 0) is 49.9 Å². The highest BCUT2D eigenvalue weighted by atomic mass is 32.2. The van der Waals surface area contributed by atoms with Crippen LogP contribution in [0.3, 0.4) is 0 Å². The molecule has 2 heterocycles. The molecular weight excluding hydrogens is 348 g/mol. The molecule has 1 fully saturated rings. The van der Waals surface area contributed by atoms with E-state index in [-0.39, 0.29) is 4.90 Å². The number of pyridine rings is 1. The molecule has 3 rings (SSSR count). The Morgan fingerprint density at radius 3 is 2.54 bits per heavy atom. The average molecular weight is 372 g/mol. The van der Waals surface area contributed by atoms with Crippen molar-refractivity contribution in [3.05, 3.63) is 53.2 Å². The SMILES string of the molecule is Cc1ccc(/C=N/Nc2ccc(S(=O)(=O)N3CCCCC3)cn2)c(C)c1. The molecule has 1 saturated heterocycles. The fourth-order valence-corrected chi connectivity index (χ4v) is 4.45. The number of anilines is 1. The summed E-state index contributed by atoms with van der Waals surface area (Å²) in [6.45, 7) is 5.26. The highest BCUT2D eigenvalue weighted by Gasteiger charge is 2.25. The number of hydrazone groups is 1. The molecule has 7 heteroatoms. The van der Waals surface area contributed by atoms with E-state index in [4.69, 9.17) is 0 Å². The van der Waals surface area contributed by atoms with E-state index in [9.17, 15) is 8.42 Å². The summed E-state index contributed by atoms with van der Waals surface area (Å²) in [6.07, 6.45) is 6.04. The van der Waals surface area contributed by atoms with E-state index in [0.717, 1.165) is 30.4 Å². The van der Waals surface area contributed by atoms with E-state index in [1.54, 1.807) is 22.7 Å². The van der Waals surface area contributed by atoms with Gasteiger partial charge in [0.1, 0.15) is 10.7 Å². The Labute approximate surface area is 155 Å². The number of hydrogen-bond acceptors (Lipinski definition) is 5. The molecule has 0 spiro atoms. The number of benzene rings is 1. The summed E-state index contributed by atoms with van der Waals surface area (Å²) >= 11 is 0. The van der Waals surface area contributed by atoms with Crippen molar-refractivity contribution >= 4 is 22.1 Å². The predicted molar refractivity (Wildman–Crippen MR) is 104 cm³/mol. The molecule has 0 saturated carbocycles. The lowest BCUT2D eigenvalue weighted by molar-refractivity contribution is 0.346. The second-order valence-electron chi connectivity index (χ2n) is 6.57. The van der Waals surface area contributed by atoms with Gasteiger partial charge in [-0.25, -0.2) is 13.4 Å². The van der Waals surface area contributed by atoms with Crippen LogP contribution in [0.1, 0.15) is 36.0 Å². The minimum atomic E-state index is -3.45. The van der Waals surface area contributed by atoms with Crippen molar-refractivity contribution in [2.24, 2.45) is 5.10 Å². The number of rotatable bonds is 5. The zero-order valence-corrected chi connectivity index (χ0v) is 16.0. The van der Waals surface area contributed by atoms with Gasteiger partial charge in [-0.3, -0.25) is 5.43 Å². The van der Waals surface area contributed by atoms with Crippen molar-refractivity contribution in [2.45, 2.75) is 38.0 Å². The summed E-state index contributed by atoms with van der Waals surface area (Å²) in [6, 6.07) is 9.35. The molecule has 0 aliphatic carbocycles. The van der Waals surface area contributed by atoms with Crippen LogP contribution in [0.2, 0.25) is 0 Å². The maximum Gasteiger partial charge on any atom is 0.244 e. The van der Waals surface area contributed by atoms with Gasteiger partial charge in [0, 0.05) is 19.3 Å². The van der Waals surface area contributed by atoms with Crippen molar-refractivity contribution in [3.8, 4) is 0 Å². The lowest BCUT2D eigenvalue weighted by atomic mass is 10.1. The van der Waals surface area contributed by atoms with Crippen molar-refractivity contribution in [1.29, 1.82) is 0 Å². The number of sulfonamides is 1. The molecule has 2 aromatic rings. The van der Waals surface area contributed by atoms with E-state index in [1.165, 1.54) is 11.8 Å². The lowest BCUT2D eigenvalue weighted by Gasteiger charge is -2.25. The maximum absolute atomic E-state index is 12.6. The molecule has 138 valence electrons. The number of hydrogen-bond donors (Lipinski definition) is 1. The van der Waals surface area contributed by atoms with Crippen molar-refractivity contribution in [1.82, 2.24) is 9.29 Å². The summed E-state index contributed by atoms with van der Waals surface area (Å²) in [5.41, 5.74) is 6.22. The Morgan fingerprint density at radius 1 is 1.12 bits per heavy atom. The molecule has 0 atom stereocenters. The van der Waals surface area contributed by atoms with Gasteiger partial charge in [0.25, 0.3) is 0 Å². The molecule has 6 nitrogen and oxygen atoms in total. The van der Waals surface area contributed by atoms with E-state index >= 15 is 0 Å². The van der Waals surface area contributed by atoms with Gasteiger partial charge in [-0.2, -0.15) is 9.41 Å². The topological polar surface area (TPSA) is 74.7 Å². The summed E-state index contributed by atoms with van der Waals surface area (Å²) in [5, 5.41) is 4.19. The first-order valence-corrected chi connectivity index (χ1v) is 10.2. The molecule has 26 heavy (non-hydrogen) atoms. The number of aryl methyl sites for hydroxylation is 2. The molecule has 0 unspecified atom stereocenters. The quantitative estimate of drug-likeness (QED) is 0.645. The van der Waals surface area contributed by atoms with Crippen LogP contribution in [-0.2, 0) is 10.0 Å². The van der Waals surface area contributed by atoms with Crippen LogP contribution in [0.5, 0.6) is 0 Å². The van der Waals surface area contributed by atoms with E-state index < -0.39 is 10.0 Å². The van der Waals surface area contributed by atoms with Crippen LogP contribution in [0.4, 0.5) is 5.82 Å². The Bertz CT molecular complexity index is 886. The van der Waals surface area contributed by atoms with Gasteiger partial charge in [-0.15, -0.1) is 0 Å². The van der Waals surface area contributed by atoms with Crippen LogP contribution in [0.25, 0.3) is 0 Å². The summed E-state index contributed by atoms with van der Waals surface area (Å²) in [7, 11) is -3.45.